The van der Waals surface area contributed by atoms with E-state index < -0.39 is 23.4 Å². The number of nitrogens with two attached hydrogens (primary N) is 2. The Bertz CT molecular complexity index is 1110. The van der Waals surface area contributed by atoms with Crippen LogP contribution in [0, 0.1) is 17.3 Å². The Morgan fingerprint density at radius 1 is 0.872 bits per heavy atom. The third-order valence-electron chi connectivity index (χ3n) is 6.86. The van der Waals surface area contributed by atoms with Gasteiger partial charge in [0.05, 0.1) is 51.1 Å². The van der Waals surface area contributed by atoms with Crippen molar-refractivity contribution in [2.24, 2.45) is 28.7 Å². The zero-order valence-corrected chi connectivity index (χ0v) is 28.6. The lowest BCUT2D eigenvalue weighted by atomic mass is 9.89. The van der Waals surface area contributed by atoms with Gasteiger partial charge in [-0.05, 0) is 57.2 Å². The Balaban J connectivity index is 2.72. The average Bonchev–Trinajstić information content (AvgIpc) is 3.00. The van der Waals surface area contributed by atoms with E-state index in [4.69, 9.17) is 30.4 Å². The molecule has 47 heavy (non-hydrogen) atoms. The molecular formula is C33H55N5O9. The summed E-state index contributed by atoms with van der Waals surface area (Å²) in [6.07, 6.45) is 0.652. The minimum absolute atomic E-state index is 0.0597. The molecule has 0 spiro atoms. The van der Waals surface area contributed by atoms with Crippen LogP contribution >= 0.6 is 0 Å². The van der Waals surface area contributed by atoms with Crippen LogP contribution in [0.3, 0.4) is 0 Å². The number of carbonyl (C=O) groups excluding carboxylic acids is 5. The first kappa shape index (κ1) is 41.4. The SMILES string of the molecule is CC(C)[C@H](NC(=O)CCOCCOCCOCCN)C(=O)C[C@@H](CCCNC(N)=O)C(=O)Nc1ccc(COC(=O)C(C)(C)C)cc1. The second-order valence-electron chi connectivity index (χ2n) is 12.5. The summed E-state index contributed by atoms with van der Waals surface area (Å²) in [5.74, 6) is -2.26. The monoisotopic (exact) mass is 665 g/mol. The molecule has 0 aliphatic carbocycles. The third kappa shape index (κ3) is 19.0. The van der Waals surface area contributed by atoms with Crippen molar-refractivity contribution in [3.63, 3.8) is 0 Å². The molecule has 1 aromatic rings. The van der Waals surface area contributed by atoms with Crippen molar-refractivity contribution in [3.8, 4) is 0 Å². The molecule has 0 aliphatic heterocycles. The molecule has 0 bridgehead atoms. The highest BCUT2D eigenvalue weighted by atomic mass is 16.5. The molecule has 4 amide bonds. The number of carbonyl (C=O) groups is 5. The normalized spacial score (nSPS) is 12.7. The molecule has 0 saturated carbocycles. The summed E-state index contributed by atoms with van der Waals surface area (Å²) in [7, 11) is 0. The number of nitrogens with one attached hydrogen (secondary N) is 3. The fourth-order valence-electron chi connectivity index (χ4n) is 4.20. The van der Waals surface area contributed by atoms with Crippen molar-refractivity contribution >= 4 is 35.3 Å². The van der Waals surface area contributed by atoms with Crippen LogP contribution in [0.25, 0.3) is 0 Å². The van der Waals surface area contributed by atoms with Gasteiger partial charge in [-0.1, -0.05) is 26.0 Å². The summed E-state index contributed by atoms with van der Waals surface area (Å²) >= 11 is 0. The van der Waals surface area contributed by atoms with Gasteiger partial charge in [0.1, 0.15) is 6.61 Å². The standard InChI is InChI=1S/C33H55N5O9/c1-23(2)29(38-28(40)12-15-44-17-19-46-20-18-45-16-13-34)27(39)21-25(7-6-14-36-32(35)43)30(41)37-26-10-8-24(9-11-26)22-47-31(42)33(3,4)5/h8-11,23,25,29H,6-7,12-22,34H2,1-5H3,(H,37,41)(H,38,40)(H3,35,36,43)/t25-,29+/m1/s1. The van der Waals surface area contributed by atoms with Gasteiger partial charge in [0.2, 0.25) is 11.8 Å². The molecule has 14 heteroatoms. The van der Waals surface area contributed by atoms with Gasteiger partial charge < -0.3 is 46.4 Å². The second kappa shape index (κ2) is 22.9. The van der Waals surface area contributed by atoms with Crippen LogP contribution in [0.4, 0.5) is 10.5 Å². The number of urea groups is 1. The maximum absolute atomic E-state index is 13.4. The van der Waals surface area contributed by atoms with Crippen LogP contribution < -0.4 is 27.4 Å². The molecule has 14 nitrogen and oxygen atoms in total. The zero-order chi connectivity index (χ0) is 35.2. The summed E-state index contributed by atoms with van der Waals surface area (Å²) in [6.45, 7) is 11.9. The van der Waals surface area contributed by atoms with Gasteiger partial charge in [-0.25, -0.2) is 4.79 Å². The summed E-state index contributed by atoms with van der Waals surface area (Å²) < 4.78 is 21.4. The number of primary amides is 1. The van der Waals surface area contributed by atoms with Crippen LogP contribution in [-0.2, 0) is 44.7 Å². The topological polar surface area (TPSA) is 210 Å². The van der Waals surface area contributed by atoms with E-state index in [1.165, 1.54) is 0 Å². The molecule has 7 N–H and O–H groups in total. The van der Waals surface area contributed by atoms with Crippen molar-refractivity contribution in [2.75, 3.05) is 58.0 Å². The molecule has 0 unspecified atom stereocenters. The van der Waals surface area contributed by atoms with Crippen LogP contribution in [-0.4, -0.2) is 88.4 Å². The summed E-state index contributed by atoms with van der Waals surface area (Å²) in [4.78, 5) is 62.6. The minimum atomic E-state index is -0.798. The van der Waals surface area contributed by atoms with E-state index in [0.29, 0.717) is 58.1 Å². The molecule has 266 valence electrons. The summed E-state index contributed by atoms with van der Waals surface area (Å²) in [5.41, 5.74) is 11.1. The Morgan fingerprint density at radius 3 is 2.02 bits per heavy atom. The van der Waals surface area contributed by atoms with Crippen molar-refractivity contribution in [1.82, 2.24) is 10.6 Å². The van der Waals surface area contributed by atoms with Crippen LogP contribution in [0.1, 0.15) is 65.9 Å². The number of esters is 1. The van der Waals surface area contributed by atoms with E-state index >= 15 is 0 Å². The van der Waals surface area contributed by atoms with E-state index in [-0.39, 0.29) is 62.1 Å². The number of ether oxygens (including phenoxy) is 4. The fraction of sp³-hybridized carbons (Fsp3) is 0.667. The number of Topliss-reactive ketones (excluding diaryl/α,β-unsaturated/α-hetero) is 1. The van der Waals surface area contributed by atoms with Crippen molar-refractivity contribution < 1.29 is 42.9 Å². The number of hydrogen-bond acceptors (Lipinski definition) is 10. The van der Waals surface area contributed by atoms with E-state index in [2.05, 4.69) is 16.0 Å². The smallest absolute Gasteiger partial charge is 0.312 e. The second-order valence-corrected chi connectivity index (χ2v) is 12.5. The average molecular weight is 666 g/mol. The van der Waals surface area contributed by atoms with Gasteiger partial charge in [0.15, 0.2) is 5.78 Å². The quantitative estimate of drug-likeness (QED) is 0.0803. The van der Waals surface area contributed by atoms with Gasteiger partial charge in [0.25, 0.3) is 0 Å². The van der Waals surface area contributed by atoms with Crippen LogP contribution in [0.5, 0.6) is 0 Å². The highest BCUT2D eigenvalue weighted by Crippen LogP contribution is 2.20. The Labute approximate surface area is 278 Å². The highest BCUT2D eigenvalue weighted by Gasteiger charge is 2.29. The van der Waals surface area contributed by atoms with Crippen LogP contribution in [0.2, 0.25) is 0 Å². The molecule has 0 fully saturated rings. The van der Waals surface area contributed by atoms with Crippen LogP contribution in [0.15, 0.2) is 24.3 Å². The van der Waals surface area contributed by atoms with Gasteiger partial charge in [0, 0.05) is 37.5 Å². The molecule has 1 aromatic carbocycles. The lowest BCUT2D eigenvalue weighted by molar-refractivity contribution is -0.154. The van der Waals surface area contributed by atoms with Gasteiger partial charge >= 0.3 is 12.0 Å². The number of benzene rings is 1. The molecule has 0 radical (unpaired) electrons. The number of ketones is 1. The molecular weight excluding hydrogens is 610 g/mol. The Morgan fingerprint density at radius 2 is 1.47 bits per heavy atom. The lowest BCUT2D eigenvalue weighted by Gasteiger charge is -2.24. The number of hydrogen-bond donors (Lipinski definition) is 5. The first-order valence-electron chi connectivity index (χ1n) is 16.1. The minimum Gasteiger partial charge on any atom is -0.460 e. The molecule has 0 aromatic heterocycles. The van der Waals surface area contributed by atoms with E-state index in [1.807, 2.05) is 13.8 Å². The predicted molar refractivity (Wildman–Crippen MR) is 177 cm³/mol. The van der Waals surface area contributed by atoms with E-state index in [0.717, 1.165) is 5.56 Å². The first-order chi connectivity index (χ1) is 22.2. The zero-order valence-electron chi connectivity index (χ0n) is 28.6. The van der Waals surface area contributed by atoms with Crippen molar-refractivity contribution in [1.29, 1.82) is 0 Å². The Hall–Kier alpha value is -3.59. The first-order valence-corrected chi connectivity index (χ1v) is 16.1. The number of anilines is 1. The molecule has 1 rings (SSSR count). The van der Waals surface area contributed by atoms with Gasteiger partial charge in [-0.3, -0.25) is 19.2 Å². The van der Waals surface area contributed by atoms with Crippen molar-refractivity contribution in [3.05, 3.63) is 29.8 Å². The summed E-state index contributed by atoms with van der Waals surface area (Å²) in [5, 5.41) is 8.13. The van der Waals surface area contributed by atoms with Gasteiger partial charge in [-0.15, -0.1) is 0 Å². The summed E-state index contributed by atoms with van der Waals surface area (Å²) in [6, 6.07) is 5.38. The van der Waals surface area contributed by atoms with Gasteiger partial charge in [-0.2, -0.15) is 0 Å². The molecule has 0 saturated heterocycles. The van der Waals surface area contributed by atoms with E-state index in [1.54, 1.807) is 45.0 Å². The Kier molecular flexibility index (Phi) is 20.1. The number of amides is 4. The third-order valence-corrected chi connectivity index (χ3v) is 6.86. The maximum atomic E-state index is 13.4. The van der Waals surface area contributed by atoms with E-state index in [9.17, 15) is 24.0 Å². The molecule has 0 heterocycles. The van der Waals surface area contributed by atoms with Crippen molar-refractivity contribution in [2.45, 2.75) is 73.0 Å². The molecule has 0 aliphatic rings. The predicted octanol–water partition coefficient (Wildman–Crippen LogP) is 2.28. The fourth-order valence-corrected chi connectivity index (χ4v) is 4.20. The molecule has 2 atom stereocenters. The lowest BCUT2D eigenvalue weighted by Crippen LogP contribution is -2.45. The maximum Gasteiger partial charge on any atom is 0.312 e. The number of rotatable bonds is 24. The largest absolute Gasteiger partial charge is 0.460 e. The highest BCUT2D eigenvalue weighted by molar-refractivity contribution is 5.97.